The second-order valence-corrected chi connectivity index (χ2v) is 7.83. The van der Waals surface area contributed by atoms with Gasteiger partial charge in [0.1, 0.15) is 5.76 Å². The van der Waals surface area contributed by atoms with E-state index in [1.54, 1.807) is 30.0 Å². The first kappa shape index (κ1) is 19.5. The summed E-state index contributed by atoms with van der Waals surface area (Å²) in [6.45, 7) is 0. The number of benzene rings is 1. The monoisotopic (exact) mass is 426 g/mol. The number of nitrogens with one attached hydrogen (secondary N) is 1. The van der Waals surface area contributed by atoms with Gasteiger partial charge in [-0.25, -0.2) is 0 Å². The first-order valence-corrected chi connectivity index (χ1v) is 10.9. The van der Waals surface area contributed by atoms with Crippen molar-refractivity contribution < 1.29 is 9.21 Å². The van der Waals surface area contributed by atoms with Crippen molar-refractivity contribution in [2.75, 3.05) is 12.0 Å². The van der Waals surface area contributed by atoms with E-state index < -0.39 is 0 Å². The van der Waals surface area contributed by atoms with Gasteiger partial charge in [0.05, 0.1) is 11.1 Å². The van der Waals surface area contributed by atoms with E-state index in [-0.39, 0.29) is 17.7 Å². The second-order valence-electron chi connectivity index (χ2n) is 6.44. The van der Waals surface area contributed by atoms with Crippen LogP contribution >= 0.6 is 23.4 Å². The third-order valence-electron chi connectivity index (χ3n) is 4.54. The number of hydrogen-bond donors (Lipinski definition) is 1. The smallest absolute Gasteiger partial charge is 0.287 e. The fourth-order valence-electron chi connectivity index (χ4n) is 3.09. The molecule has 4 aromatic rings. The predicted octanol–water partition coefficient (Wildman–Crippen LogP) is 4.87. The van der Waals surface area contributed by atoms with Crippen LogP contribution < -0.4 is 5.32 Å². The Bertz CT molecular complexity index is 1140. The van der Waals surface area contributed by atoms with Crippen LogP contribution in [0.15, 0.2) is 65.2 Å². The fraction of sp³-hybridized carbons (Fsp3) is 0.190. The Labute approximate surface area is 177 Å². The summed E-state index contributed by atoms with van der Waals surface area (Å²) in [7, 11) is 0. The number of pyridine rings is 1. The quantitative estimate of drug-likeness (QED) is 0.456. The molecule has 1 aromatic carbocycles. The van der Waals surface area contributed by atoms with Gasteiger partial charge in [-0.1, -0.05) is 29.8 Å². The van der Waals surface area contributed by atoms with E-state index in [1.807, 2.05) is 53.3 Å². The van der Waals surface area contributed by atoms with Gasteiger partial charge in [-0.05, 0) is 54.8 Å². The zero-order valence-electron chi connectivity index (χ0n) is 15.7. The molecule has 0 fully saturated rings. The van der Waals surface area contributed by atoms with Crippen LogP contribution in [0.3, 0.4) is 0 Å². The van der Waals surface area contributed by atoms with Crippen LogP contribution in [0.2, 0.25) is 5.02 Å². The van der Waals surface area contributed by atoms with Crippen LogP contribution in [0.1, 0.15) is 28.8 Å². The maximum atomic E-state index is 12.9. The average molecular weight is 427 g/mol. The minimum Gasteiger partial charge on any atom is -0.451 e. The summed E-state index contributed by atoms with van der Waals surface area (Å²) in [4.78, 5) is 12.9. The van der Waals surface area contributed by atoms with Crippen molar-refractivity contribution in [3.8, 4) is 11.3 Å². The Hall–Kier alpha value is -2.77. The number of aromatic nitrogens is 3. The first-order valence-electron chi connectivity index (χ1n) is 9.11. The van der Waals surface area contributed by atoms with Gasteiger partial charge in [0, 0.05) is 11.8 Å². The van der Waals surface area contributed by atoms with Crippen LogP contribution in [-0.2, 0) is 0 Å². The molecule has 0 saturated carbocycles. The van der Waals surface area contributed by atoms with Gasteiger partial charge in [-0.15, -0.1) is 10.2 Å². The SMILES string of the molecule is CSCCC(NC(=O)c1ccc(-c2ccccc2Cl)o1)c1nnc2ccccn12. The highest BCUT2D eigenvalue weighted by Crippen LogP contribution is 2.29. The Balaban J connectivity index is 1.58. The molecule has 1 unspecified atom stereocenters. The van der Waals surface area contributed by atoms with Gasteiger partial charge in [-0.2, -0.15) is 11.8 Å². The van der Waals surface area contributed by atoms with E-state index in [1.165, 1.54) is 0 Å². The number of fused-ring (bicyclic) bond motifs is 1. The zero-order chi connectivity index (χ0) is 20.2. The summed E-state index contributed by atoms with van der Waals surface area (Å²) in [5.74, 6) is 2.04. The normalized spacial score (nSPS) is 12.2. The van der Waals surface area contributed by atoms with Crippen molar-refractivity contribution in [1.29, 1.82) is 0 Å². The molecule has 0 radical (unpaired) electrons. The Morgan fingerprint density at radius 1 is 1.17 bits per heavy atom. The summed E-state index contributed by atoms with van der Waals surface area (Å²) in [6, 6.07) is 16.2. The van der Waals surface area contributed by atoms with Crippen molar-refractivity contribution in [3.63, 3.8) is 0 Å². The molecule has 148 valence electrons. The summed E-state index contributed by atoms with van der Waals surface area (Å²) in [5, 5.41) is 12.1. The molecule has 0 spiro atoms. The summed E-state index contributed by atoms with van der Waals surface area (Å²) < 4.78 is 7.67. The Kier molecular flexibility index (Phi) is 5.87. The molecule has 1 N–H and O–H groups in total. The topological polar surface area (TPSA) is 72.4 Å². The van der Waals surface area contributed by atoms with E-state index in [2.05, 4.69) is 15.5 Å². The Morgan fingerprint density at radius 2 is 2.00 bits per heavy atom. The lowest BCUT2D eigenvalue weighted by Gasteiger charge is -2.16. The van der Waals surface area contributed by atoms with E-state index >= 15 is 0 Å². The number of halogens is 1. The van der Waals surface area contributed by atoms with Gasteiger partial charge in [0.25, 0.3) is 5.91 Å². The summed E-state index contributed by atoms with van der Waals surface area (Å²) in [6.07, 6.45) is 4.65. The lowest BCUT2D eigenvalue weighted by molar-refractivity contribution is 0.0906. The largest absolute Gasteiger partial charge is 0.451 e. The number of amides is 1. The molecule has 3 aromatic heterocycles. The number of nitrogens with zero attached hydrogens (tertiary/aromatic N) is 3. The molecule has 1 atom stereocenters. The number of rotatable bonds is 7. The van der Waals surface area contributed by atoms with Crippen LogP contribution in [0, 0.1) is 0 Å². The summed E-state index contributed by atoms with van der Waals surface area (Å²) >= 11 is 7.94. The van der Waals surface area contributed by atoms with E-state index in [9.17, 15) is 4.79 Å². The maximum absolute atomic E-state index is 12.9. The van der Waals surface area contributed by atoms with Crippen LogP contribution in [0.4, 0.5) is 0 Å². The van der Waals surface area contributed by atoms with Crippen LogP contribution in [0.5, 0.6) is 0 Å². The lowest BCUT2D eigenvalue weighted by Crippen LogP contribution is -2.30. The van der Waals surface area contributed by atoms with Gasteiger partial charge in [0.15, 0.2) is 17.2 Å². The number of hydrogen-bond acceptors (Lipinski definition) is 5. The number of carbonyl (C=O) groups excluding carboxylic acids is 1. The van der Waals surface area contributed by atoms with Gasteiger partial charge in [0.2, 0.25) is 0 Å². The molecule has 0 saturated heterocycles. The van der Waals surface area contributed by atoms with Crippen LogP contribution in [-0.4, -0.2) is 32.5 Å². The predicted molar refractivity (Wildman–Crippen MR) is 115 cm³/mol. The van der Waals surface area contributed by atoms with Crippen LogP contribution in [0.25, 0.3) is 17.0 Å². The highest BCUT2D eigenvalue weighted by Gasteiger charge is 2.22. The van der Waals surface area contributed by atoms with Crippen molar-refractivity contribution in [3.05, 3.63) is 77.4 Å². The molecular weight excluding hydrogens is 408 g/mol. The molecule has 0 aliphatic rings. The molecule has 29 heavy (non-hydrogen) atoms. The first-order chi connectivity index (χ1) is 14.2. The van der Waals surface area contributed by atoms with Crippen molar-refractivity contribution in [1.82, 2.24) is 19.9 Å². The van der Waals surface area contributed by atoms with Gasteiger partial charge < -0.3 is 9.73 Å². The second kappa shape index (κ2) is 8.71. The van der Waals surface area contributed by atoms with E-state index in [0.29, 0.717) is 16.6 Å². The molecule has 0 bridgehead atoms. The van der Waals surface area contributed by atoms with Gasteiger partial charge in [-0.3, -0.25) is 9.20 Å². The molecule has 4 rings (SSSR count). The average Bonchev–Trinajstić information content (AvgIpc) is 3.39. The molecular formula is C21H19ClN4O2S. The number of furan rings is 1. The van der Waals surface area contributed by atoms with Crippen molar-refractivity contribution in [2.24, 2.45) is 0 Å². The third-order valence-corrected chi connectivity index (χ3v) is 5.51. The molecule has 6 nitrogen and oxygen atoms in total. The zero-order valence-corrected chi connectivity index (χ0v) is 17.3. The molecule has 8 heteroatoms. The van der Waals surface area contributed by atoms with Crippen molar-refractivity contribution >= 4 is 34.9 Å². The highest BCUT2D eigenvalue weighted by molar-refractivity contribution is 7.98. The fourth-order valence-corrected chi connectivity index (χ4v) is 3.79. The van der Waals surface area contributed by atoms with Crippen molar-refractivity contribution in [2.45, 2.75) is 12.5 Å². The number of carbonyl (C=O) groups is 1. The van der Waals surface area contributed by atoms with E-state index in [0.717, 1.165) is 23.4 Å². The lowest BCUT2D eigenvalue weighted by atomic mass is 10.2. The minimum absolute atomic E-state index is 0.225. The minimum atomic E-state index is -0.304. The third kappa shape index (κ3) is 4.16. The molecule has 0 aliphatic heterocycles. The molecule has 0 aliphatic carbocycles. The van der Waals surface area contributed by atoms with Gasteiger partial charge >= 0.3 is 0 Å². The highest BCUT2D eigenvalue weighted by atomic mass is 35.5. The molecule has 3 heterocycles. The maximum Gasteiger partial charge on any atom is 0.287 e. The summed E-state index contributed by atoms with van der Waals surface area (Å²) in [5.41, 5.74) is 1.49. The Morgan fingerprint density at radius 3 is 2.83 bits per heavy atom. The molecule has 1 amide bonds. The standard InChI is InChI=1S/C21H19ClN4O2S/c1-29-13-11-16(20-25-24-19-8-4-5-12-26(19)20)23-21(27)18-10-9-17(28-18)14-6-2-3-7-15(14)22/h2-10,12,16H,11,13H2,1H3,(H,23,27). The van der Waals surface area contributed by atoms with E-state index in [4.69, 9.17) is 16.0 Å². The number of thioether (sulfide) groups is 1.